The maximum atomic E-state index is 11.9. The predicted molar refractivity (Wildman–Crippen MR) is 82.7 cm³/mol. The molecule has 1 rings (SSSR count). The molecule has 112 valence electrons. The van der Waals surface area contributed by atoms with Gasteiger partial charge in [-0.05, 0) is 36.6 Å². The molecule has 21 heavy (non-hydrogen) atoms. The molecule has 0 saturated heterocycles. The van der Waals surface area contributed by atoms with Crippen LogP contribution < -0.4 is 0 Å². The molecule has 0 aliphatic carbocycles. The van der Waals surface area contributed by atoms with Crippen LogP contribution in [0.5, 0.6) is 0 Å². The van der Waals surface area contributed by atoms with Crippen LogP contribution in [0.3, 0.4) is 0 Å². The lowest BCUT2D eigenvalue weighted by atomic mass is 10.0. The molecule has 5 heteroatoms. The second kappa shape index (κ2) is 7.99. The fourth-order valence-electron chi connectivity index (χ4n) is 1.90. The standard InChI is InChI=1S/C16H19NO4/c1-4-7-13(16(18)21-6-3)10-14-11-15(17(19)20)9-8-12(14)5-2/h5,8-11H,2,4,6-7H2,1,3H3/b13-10+. The predicted octanol–water partition coefficient (Wildman–Crippen LogP) is 3.98. The van der Waals surface area contributed by atoms with E-state index in [1.807, 2.05) is 6.92 Å². The molecule has 1 aromatic carbocycles. The zero-order chi connectivity index (χ0) is 15.8. The van der Waals surface area contributed by atoms with Gasteiger partial charge in [0.1, 0.15) is 0 Å². The Morgan fingerprint density at radius 2 is 2.10 bits per heavy atom. The van der Waals surface area contributed by atoms with Crippen LogP contribution in [-0.4, -0.2) is 17.5 Å². The smallest absolute Gasteiger partial charge is 0.334 e. The first-order valence-electron chi connectivity index (χ1n) is 6.82. The van der Waals surface area contributed by atoms with Crippen LogP contribution in [0.15, 0.2) is 30.4 Å². The lowest BCUT2D eigenvalue weighted by Crippen LogP contribution is -2.07. The highest BCUT2D eigenvalue weighted by atomic mass is 16.6. The first kappa shape index (κ1) is 16.6. The summed E-state index contributed by atoms with van der Waals surface area (Å²) in [5, 5.41) is 10.9. The van der Waals surface area contributed by atoms with Crippen molar-refractivity contribution in [2.75, 3.05) is 6.61 Å². The van der Waals surface area contributed by atoms with Crippen LogP contribution in [0.2, 0.25) is 0 Å². The van der Waals surface area contributed by atoms with Crippen molar-refractivity contribution in [3.8, 4) is 0 Å². The minimum Gasteiger partial charge on any atom is -0.463 e. The summed E-state index contributed by atoms with van der Waals surface area (Å²) in [5.41, 5.74) is 1.81. The summed E-state index contributed by atoms with van der Waals surface area (Å²) < 4.78 is 5.01. The van der Waals surface area contributed by atoms with E-state index in [1.165, 1.54) is 12.1 Å². The third-order valence-corrected chi connectivity index (χ3v) is 2.89. The summed E-state index contributed by atoms with van der Waals surface area (Å²) in [4.78, 5) is 22.3. The highest BCUT2D eigenvalue weighted by molar-refractivity contribution is 5.94. The van der Waals surface area contributed by atoms with Gasteiger partial charge in [-0.2, -0.15) is 0 Å². The molecule has 0 N–H and O–H groups in total. The Morgan fingerprint density at radius 3 is 2.62 bits per heavy atom. The van der Waals surface area contributed by atoms with Gasteiger partial charge in [-0.1, -0.05) is 26.0 Å². The molecule has 0 atom stereocenters. The summed E-state index contributed by atoms with van der Waals surface area (Å²) in [6, 6.07) is 4.47. The maximum absolute atomic E-state index is 11.9. The van der Waals surface area contributed by atoms with Crippen LogP contribution in [0.1, 0.15) is 37.8 Å². The van der Waals surface area contributed by atoms with Gasteiger partial charge in [0.05, 0.1) is 11.5 Å². The molecule has 0 radical (unpaired) electrons. The average molecular weight is 289 g/mol. The van der Waals surface area contributed by atoms with E-state index in [0.29, 0.717) is 24.2 Å². The fraction of sp³-hybridized carbons (Fsp3) is 0.312. The molecule has 0 heterocycles. The molecular formula is C16H19NO4. The second-order valence-electron chi connectivity index (χ2n) is 4.41. The Morgan fingerprint density at radius 1 is 1.38 bits per heavy atom. The molecule has 0 aliphatic heterocycles. The molecule has 0 fully saturated rings. The van der Waals surface area contributed by atoms with Gasteiger partial charge in [0.15, 0.2) is 0 Å². The zero-order valence-electron chi connectivity index (χ0n) is 12.3. The monoisotopic (exact) mass is 289 g/mol. The number of nitro groups is 1. The highest BCUT2D eigenvalue weighted by Gasteiger charge is 2.13. The molecule has 0 aromatic heterocycles. The van der Waals surface area contributed by atoms with E-state index in [4.69, 9.17) is 4.74 Å². The number of carbonyl (C=O) groups excluding carboxylic acids is 1. The Kier molecular flexibility index (Phi) is 6.33. The molecule has 1 aromatic rings. The van der Waals surface area contributed by atoms with Crippen molar-refractivity contribution >= 4 is 23.8 Å². The number of rotatable bonds is 7. The molecule has 0 amide bonds. The Labute approximate surface area is 124 Å². The second-order valence-corrected chi connectivity index (χ2v) is 4.41. The largest absolute Gasteiger partial charge is 0.463 e. The van der Waals surface area contributed by atoms with E-state index in [0.717, 1.165) is 12.0 Å². The molecule has 0 saturated carbocycles. The van der Waals surface area contributed by atoms with E-state index in [9.17, 15) is 14.9 Å². The number of benzene rings is 1. The van der Waals surface area contributed by atoms with Crippen LogP contribution in [0, 0.1) is 10.1 Å². The third-order valence-electron chi connectivity index (χ3n) is 2.89. The molecule has 5 nitrogen and oxygen atoms in total. The summed E-state index contributed by atoms with van der Waals surface area (Å²) in [6.07, 6.45) is 4.58. The fourth-order valence-corrected chi connectivity index (χ4v) is 1.90. The number of hydrogen-bond donors (Lipinski definition) is 0. The van der Waals surface area contributed by atoms with Gasteiger partial charge in [0, 0.05) is 17.7 Å². The normalized spacial score (nSPS) is 11.0. The van der Waals surface area contributed by atoms with Gasteiger partial charge >= 0.3 is 5.97 Å². The highest BCUT2D eigenvalue weighted by Crippen LogP contribution is 2.23. The minimum atomic E-state index is -0.464. The van der Waals surface area contributed by atoms with E-state index < -0.39 is 4.92 Å². The number of non-ortho nitro benzene ring substituents is 1. The van der Waals surface area contributed by atoms with Crippen molar-refractivity contribution < 1.29 is 14.5 Å². The number of hydrogen-bond acceptors (Lipinski definition) is 4. The van der Waals surface area contributed by atoms with Gasteiger partial charge in [0.2, 0.25) is 0 Å². The van der Waals surface area contributed by atoms with Crippen molar-refractivity contribution in [1.29, 1.82) is 0 Å². The Hall–Kier alpha value is -2.43. The van der Waals surface area contributed by atoms with E-state index in [-0.39, 0.29) is 11.7 Å². The first-order chi connectivity index (χ1) is 10.0. The maximum Gasteiger partial charge on any atom is 0.334 e. The summed E-state index contributed by atoms with van der Waals surface area (Å²) in [6.45, 7) is 7.67. The number of carbonyl (C=O) groups is 1. The molecule has 0 unspecified atom stereocenters. The number of nitrogens with zero attached hydrogens (tertiary/aromatic N) is 1. The number of esters is 1. The van der Waals surface area contributed by atoms with Crippen LogP contribution in [0.25, 0.3) is 12.2 Å². The molecule has 0 spiro atoms. The van der Waals surface area contributed by atoms with E-state index in [2.05, 4.69) is 6.58 Å². The first-order valence-corrected chi connectivity index (χ1v) is 6.82. The molecule has 0 aliphatic rings. The van der Waals surface area contributed by atoms with Crippen LogP contribution in [0.4, 0.5) is 5.69 Å². The zero-order valence-corrected chi connectivity index (χ0v) is 12.3. The topological polar surface area (TPSA) is 69.4 Å². The molecular weight excluding hydrogens is 270 g/mol. The molecule has 0 bridgehead atoms. The Balaban J connectivity index is 3.29. The van der Waals surface area contributed by atoms with Crippen molar-refractivity contribution in [2.45, 2.75) is 26.7 Å². The van der Waals surface area contributed by atoms with Gasteiger partial charge in [0.25, 0.3) is 5.69 Å². The lowest BCUT2D eigenvalue weighted by molar-refractivity contribution is -0.384. The van der Waals surface area contributed by atoms with Crippen molar-refractivity contribution in [2.24, 2.45) is 0 Å². The van der Waals surface area contributed by atoms with Crippen molar-refractivity contribution in [3.05, 3.63) is 51.6 Å². The van der Waals surface area contributed by atoms with Gasteiger partial charge < -0.3 is 4.74 Å². The van der Waals surface area contributed by atoms with Crippen molar-refractivity contribution in [1.82, 2.24) is 0 Å². The Bertz CT molecular complexity index is 576. The summed E-state index contributed by atoms with van der Waals surface area (Å²) in [7, 11) is 0. The SMILES string of the molecule is C=Cc1ccc([N+](=O)[O-])cc1/C=C(\CCC)C(=O)OCC. The van der Waals surface area contributed by atoms with E-state index >= 15 is 0 Å². The quantitative estimate of drug-likeness (QED) is 0.329. The van der Waals surface area contributed by atoms with Crippen LogP contribution >= 0.6 is 0 Å². The lowest BCUT2D eigenvalue weighted by Gasteiger charge is -2.07. The third kappa shape index (κ3) is 4.56. The van der Waals surface area contributed by atoms with Gasteiger partial charge in [-0.3, -0.25) is 10.1 Å². The average Bonchev–Trinajstić information content (AvgIpc) is 2.46. The summed E-state index contributed by atoms with van der Waals surface area (Å²) >= 11 is 0. The van der Waals surface area contributed by atoms with Gasteiger partial charge in [-0.15, -0.1) is 0 Å². The number of nitro benzene ring substituents is 1. The van der Waals surface area contributed by atoms with Crippen LogP contribution in [-0.2, 0) is 9.53 Å². The summed E-state index contributed by atoms with van der Waals surface area (Å²) in [5.74, 6) is -0.388. The number of ether oxygens (including phenoxy) is 1. The van der Waals surface area contributed by atoms with E-state index in [1.54, 1.807) is 25.1 Å². The minimum absolute atomic E-state index is 0.0217. The van der Waals surface area contributed by atoms with Gasteiger partial charge in [-0.25, -0.2) is 4.79 Å². The van der Waals surface area contributed by atoms with Crippen molar-refractivity contribution in [3.63, 3.8) is 0 Å².